The van der Waals surface area contributed by atoms with Crippen LogP contribution in [0.15, 0.2) is 46.9 Å². The normalized spacial score (nSPS) is 11.3. The maximum Gasteiger partial charge on any atom is 0.236 e. The van der Waals surface area contributed by atoms with Crippen LogP contribution in [0.5, 0.6) is 0 Å². The molecule has 0 spiro atoms. The van der Waals surface area contributed by atoms with E-state index in [0.717, 1.165) is 10.0 Å². The van der Waals surface area contributed by atoms with Crippen molar-refractivity contribution >= 4 is 37.3 Å². The van der Waals surface area contributed by atoms with Crippen LogP contribution >= 0.6 is 15.9 Å². The zero-order chi connectivity index (χ0) is 14.8. The number of hydrogen-bond acceptors (Lipinski definition) is 3. The lowest BCUT2D eigenvalue weighted by molar-refractivity contribution is 0.600. The topological polar surface area (TPSA) is 72.2 Å². The Kier molecular flexibility index (Phi) is 4.35. The van der Waals surface area contributed by atoms with Crippen molar-refractivity contribution in [2.45, 2.75) is 12.7 Å². The van der Waals surface area contributed by atoms with E-state index < -0.39 is 10.0 Å². The second-order valence-corrected chi connectivity index (χ2v) is 7.15. The minimum atomic E-state index is -3.46. The summed E-state index contributed by atoms with van der Waals surface area (Å²) in [6, 6.07) is 12.2. The molecule has 2 rings (SSSR count). The van der Waals surface area contributed by atoms with Crippen molar-refractivity contribution in [2.75, 3.05) is 10.5 Å². The number of benzene rings is 2. The van der Waals surface area contributed by atoms with Crippen molar-refractivity contribution in [2.24, 2.45) is 0 Å². The SMILES string of the molecule is Cc1ccc(NS(=O)(=O)Cc2cccc(N)c2)cc1Br. The predicted octanol–water partition coefficient (Wildman–Crippen LogP) is 3.28. The van der Waals surface area contributed by atoms with Gasteiger partial charge in [-0.25, -0.2) is 8.42 Å². The molecule has 6 heteroatoms. The first-order chi connectivity index (χ1) is 9.35. The summed E-state index contributed by atoms with van der Waals surface area (Å²) in [5.74, 6) is -0.108. The third-order valence-corrected chi connectivity index (χ3v) is 4.87. The lowest BCUT2D eigenvalue weighted by atomic mass is 10.2. The maximum atomic E-state index is 12.1. The fraction of sp³-hybridized carbons (Fsp3) is 0.143. The van der Waals surface area contributed by atoms with Crippen LogP contribution in [0, 0.1) is 6.92 Å². The molecule has 0 aliphatic rings. The van der Waals surface area contributed by atoms with E-state index in [9.17, 15) is 8.42 Å². The molecule has 0 bridgehead atoms. The molecule has 0 atom stereocenters. The zero-order valence-corrected chi connectivity index (χ0v) is 13.3. The molecule has 2 aromatic rings. The number of aryl methyl sites for hydroxylation is 1. The Bertz CT molecular complexity index is 730. The molecule has 0 aromatic heterocycles. The first-order valence-corrected chi connectivity index (χ1v) is 8.41. The molecule has 106 valence electrons. The standard InChI is InChI=1S/C14H15BrN2O2S/c1-10-5-6-13(8-14(10)15)17-20(18,19)9-11-3-2-4-12(16)7-11/h2-8,17H,9,16H2,1H3. The lowest BCUT2D eigenvalue weighted by Crippen LogP contribution is -2.15. The molecule has 0 aliphatic carbocycles. The summed E-state index contributed by atoms with van der Waals surface area (Å²) in [4.78, 5) is 0. The van der Waals surface area contributed by atoms with Crippen LogP contribution in [0.25, 0.3) is 0 Å². The Morgan fingerprint density at radius 3 is 2.60 bits per heavy atom. The average Bonchev–Trinajstić information content (AvgIpc) is 2.33. The third kappa shape index (κ3) is 3.98. The largest absolute Gasteiger partial charge is 0.399 e. The van der Waals surface area contributed by atoms with Gasteiger partial charge in [0.15, 0.2) is 0 Å². The van der Waals surface area contributed by atoms with Gasteiger partial charge in [0.25, 0.3) is 0 Å². The van der Waals surface area contributed by atoms with E-state index >= 15 is 0 Å². The van der Waals surface area contributed by atoms with E-state index in [4.69, 9.17) is 5.73 Å². The molecule has 4 nitrogen and oxygen atoms in total. The summed E-state index contributed by atoms with van der Waals surface area (Å²) < 4.78 is 27.6. The van der Waals surface area contributed by atoms with Crippen LogP contribution in [0.4, 0.5) is 11.4 Å². The minimum Gasteiger partial charge on any atom is -0.399 e. The Balaban J connectivity index is 2.17. The van der Waals surface area contributed by atoms with Gasteiger partial charge in [-0.15, -0.1) is 0 Å². The van der Waals surface area contributed by atoms with Crippen LogP contribution in [0.2, 0.25) is 0 Å². The number of anilines is 2. The van der Waals surface area contributed by atoms with Crippen molar-refractivity contribution in [3.63, 3.8) is 0 Å². The molecule has 0 unspecified atom stereocenters. The molecule has 2 aromatic carbocycles. The van der Waals surface area contributed by atoms with Gasteiger partial charge in [-0.1, -0.05) is 34.1 Å². The fourth-order valence-electron chi connectivity index (χ4n) is 1.77. The van der Waals surface area contributed by atoms with Crippen LogP contribution < -0.4 is 10.5 Å². The van der Waals surface area contributed by atoms with Gasteiger partial charge in [0.05, 0.1) is 5.75 Å². The lowest BCUT2D eigenvalue weighted by Gasteiger charge is -2.09. The van der Waals surface area contributed by atoms with Gasteiger partial charge in [0, 0.05) is 15.8 Å². The number of nitrogen functional groups attached to an aromatic ring is 1. The second kappa shape index (κ2) is 5.85. The van der Waals surface area contributed by atoms with Crippen LogP contribution in [0.1, 0.15) is 11.1 Å². The Morgan fingerprint density at radius 2 is 1.95 bits per heavy atom. The van der Waals surface area contributed by atoms with Gasteiger partial charge in [-0.2, -0.15) is 0 Å². The number of hydrogen-bond donors (Lipinski definition) is 2. The van der Waals surface area contributed by atoms with Crippen molar-refractivity contribution in [3.8, 4) is 0 Å². The van der Waals surface area contributed by atoms with Crippen LogP contribution in [-0.2, 0) is 15.8 Å². The van der Waals surface area contributed by atoms with Crippen LogP contribution in [-0.4, -0.2) is 8.42 Å². The number of sulfonamides is 1. The quantitative estimate of drug-likeness (QED) is 0.827. The third-order valence-electron chi connectivity index (χ3n) is 2.75. The smallest absolute Gasteiger partial charge is 0.236 e. The highest BCUT2D eigenvalue weighted by atomic mass is 79.9. The van der Waals surface area contributed by atoms with E-state index in [1.165, 1.54) is 0 Å². The fourth-order valence-corrected chi connectivity index (χ4v) is 3.33. The first kappa shape index (κ1) is 14.9. The van der Waals surface area contributed by atoms with Crippen molar-refractivity contribution in [1.29, 1.82) is 0 Å². The molecule has 0 radical (unpaired) electrons. The number of rotatable bonds is 4. The monoisotopic (exact) mass is 354 g/mol. The average molecular weight is 355 g/mol. The van der Waals surface area contributed by atoms with E-state index in [-0.39, 0.29) is 5.75 Å². The van der Waals surface area contributed by atoms with Gasteiger partial charge >= 0.3 is 0 Å². The molecule has 20 heavy (non-hydrogen) atoms. The molecule has 0 saturated carbocycles. The van der Waals surface area contributed by atoms with Crippen LogP contribution in [0.3, 0.4) is 0 Å². The summed E-state index contributed by atoms with van der Waals surface area (Å²) >= 11 is 3.38. The Hall–Kier alpha value is -1.53. The van der Waals surface area contributed by atoms with E-state index in [1.807, 2.05) is 13.0 Å². The van der Waals surface area contributed by atoms with Gasteiger partial charge in [0.1, 0.15) is 0 Å². The Morgan fingerprint density at radius 1 is 1.20 bits per heavy atom. The van der Waals surface area contributed by atoms with Crippen molar-refractivity contribution < 1.29 is 8.42 Å². The molecule has 0 heterocycles. The number of nitrogens with one attached hydrogen (secondary N) is 1. The Labute approximate surface area is 127 Å². The van der Waals surface area contributed by atoms with Gasteiger partial charge in [0.2, 0.25) is 10.0 Å². The molecule has 0 aliphatic heterocycles. The molecule has 0 amide bonds. The summed E-state index contributed by atoms with van der Waals surface area (Å²) in [6.07, 6.45) is 0. The summed E-state index contributed by atoms with van der Waals surface area (Å²) in [5, 5.41) is 0. The van der Waals surface area contributed by atoms with Gasteiger partial charge in [-0.3, -0.25) is 4.72 Å². The predicted molar refractivity (Wildman–Crippen MR) is 86.0 cm³/mol. The minimum absolute atomic E-state index is 0.108. The molecular weight excluding hydrogens is 340 g/mol. The first-order valence-electron chi connectivity index (χ1n) is 5.97. The highest BCUT2D eigenvalue weighted by molar-refractivity contribution is 9.10. The summed E-state index contributed by atoms with van der Waals surface area (Å²) in [7, 11) is -3.46. The summed E-state index contributed by atoms with van der Waals surface area (Å²) in [5.41, 5.74) is 8.43. The molecule has 3 N–H and O–H groups in total. The summed E-state index contributed by atoms with van der Waals surface area (Å²) in [6.45, 7) is 1.94. The van der Waals surface area contributed by atoms with Crippen molar-refractivity contribution in [3.05, 3.63) is 58.1 Å². The molecular formula is C14H15BrN2O2S. The number of nitrogens with two attached hydrogens (primary N) is 1. The highest BCUT2D eigenvalue weighted by Crippen LogP contribution is 2.22. The van der Waals surface area contributed by atoms with E-state index in [0.29, 0.717) is 16.9 Å². The van der Waals surface area contributed by atoms with Crippen molar-refractivity contribution in [1.82, 2.24) is 0 Å². The zero-order valence-electron chi connectivity index (χ0n) is 10.9. The van der Waals surface area contributed by atoms with Gasteiger partial charge < -0.3 is 5.73 Å². The maximum absolute atomic E-state index is 12.1. The number of halogens is 1. The highest BCUT2D eigenvalue weighted by Gasteiger charge is 2.12. The molecule has 0 fully saturated rings. The van der Waals surface area contributed by atoms with E-state index in [1.54, 1.807) is 36.4 Å². The molecule has 0 saturated heterocycles. The van der Waals surface area contributed by atoms with E-state index in [2.05, 4.69) is 20.7 Å². The second-order valence-electron chi connectivity index (χ2n) is 4.57. The van der Waals surface area contributed by atoms with Gasteiger partial charge in [-0.05, 0) is 42.3 Å².